The molecule has 0 aromatic heterocycles. The van der Waals surface area contributed by atoms with Crippen LogP contribution in [0, 0.1) is 5.41 Å². The van der Waals surface area contributed by atoms with E-state index in [1.165, 1.54) is 0 Å². The van der Waals surface area contributed by atoms with Gasteiger partial charge < -0.3 is 0 Å². The number of rotatable bonds is 2. The Kier molecular flexibility index (Phi) is 3.59. The van der Waals surface area contributed by atoms with E-state index in [4.69, 9.17) is 0 Å². The predicted octanol–water partition coefficient (Wildman–Crippen LogP) is 2.64. The lowest BCUT2D eigenvalue weighted by Crippen LogP contribution is -2.31. The molecule has 0 aliphatic carbocycles. The van der Waals surface area contributed by atoms with E-state index in [2.05, 4.69) is 20.8 Å². The minimum absolute atomic E-state index is 0.0956. The Hall–Kier alpha value is -0.0500. The van der Waals surface area contributed by atoms with Crippen molar-refractivity contribution in [2.75, 3.05) is 5.75 Å². The van der Waals surface area contributed by atoms with Crippen molar-refractivity contribution in [2.45, 2.75) is 52.7 Å². The van der Waals surface area contributed by atoms with Gasteiger partial charge in [-0.3, -0.25) is 0 Å². The first-order valence-electron chi connectivity index (χ1n) is 4.68. The summed E-state index contributed by atoms with van der Waals surface area (Å²) in [5.74, 6) is 0.292. The van der Waals surface area contributed by atoms with Gasteiger partial charge in [-0.2, -0.15) is 0 Å². The highest BCUT2D eigenvalue weighted by Gasteiger charge is 2.29. The summed E-state index contributed by atoms with van der Waals surface area (Å²) in [5, 5.41) is 0. The maximum Gasteiger partial charge on any atom is 0.155 e. The van der Waals surface area contributed by atoms with Gasteiger partial charge in [0, 0.05) is 0 Å². The highest BCUT2D eigenvalue weighted by atomic mass is 32.2. The van der Waals surface area contributed by atoms with Crippen LogP contribution in [0.3, 0.4) is 0 Å². The minimum Gasteiger partial charge on any atom is -0.228 e. The number of hydrogen-bond acceptors (Lipinski definition) is 2. The van der Waals surface area contributed by atoms with E-state index in [1.807, 2.05) is 0 Å². The van der Waals surface area contributed by atoms with Gasteiger partial charge in [-0.15, -0.1) is 0 Å². The third kappa shape index (κ3) is 4.65. The summed E-state index contributed by atoms with van der Waals surface area (Å²) >= 11 is 0. The summed E-state index contributed by atoms with van der Waals surface area (Å²) in [6.07, 6.45) is 0.729. The fourth-order valence-corrected chi connectivity index (χ4v) is 2.24. The quantitative estimate of drug-likeness (QED) is 0.696. The van der Waals surface area contributed by atoms with Crippen molar-refractivity contribution in [3.05, 3.63) is 0 Å². The van der Waals surface area contributed by atoms with Gasteiger partial charge in [-0.1, -0.05) is 20.8 Å². The molecule has 0 unspecified atom stereocenters. The molecule has 0 fully saturated rings. The van der Waals surface area contributed by atoms with E-state index in [0.29, 0.717) is 5.75 Å². The molecule has 3 heteroatoms. The van der Waals surface area contributed by atoms with Crippen LogP contribution in [0.5, 0.6) is 0 Å². The fraction of sp³-hybridized carbons (Fsp3) is 1.00. The molecule has 0 spiro atoms. The average Bonchev–Trinajstić information content (AvgIpc) is 1.79. The molecule has 0 saturated heterocycles. The molecular formula is C10H22O2S. The third-order valence-corrected chi connectivity index (χ3v) is 4.66. The summed E-state index contributed by atoms with van der Waals surface area (Å²) in [4.78, 5) is 0. The molecule has 0 amide bonds. The second kappa shape index (κ2) is 3.60. The molecule has 2 nitrogen and oxygen atoms in total. The zero-order valence-electron chi connectivity index (χ0n) is 9.64. The molecule has 0 atom stereocenters. The lowest BCUT2D eigenvalue weighted by molar-refractivity contribution is 0.395. The smallest absolute Gasteiger partial charge is 0.155 e. The Morgan fingerprint density at radius 3 is 1.54 bits per heavy atom. The first-order chi connectivity index (χ1) is 5.46. The van der Waals surface area contributed by atoms with Crippen LogP contribution in [-0.4, -0.2) is 18.9 Å². The van der Waals surface area contributed by atoms with Crippen molar-refractivity contribution in [3.63, 3.8) is 0 Å². The molecule has 0 aromatic carbocycles. The van der Waals surface area contributed by atoms with Crippen molar-refractivity contribution in [1.29, 1.82) is 0 Å². The zero-order chi connectivity index (χ0) is 10.9. The second-order valence-electron chi connectivity index (χ2n) is 5.74. The Labute approximate surface area is 82.6 Å². The molecule has 0 heterocycles. The highest BCUT2D eigenvalue weighted by molar-refractivity contribution is 7.92. The van der Waals surface area contributed by atoms with Gasteiger partial charge in [0.15, 0.2) is 9.84 Å². The van der Waals surface area contributed by atoms with Crippen molar-refractivity contribution in [1.82, 2.24) is 0 Å². The molecule has 0 saturated carbocycles. The van der Waals surface area contributed by atoms with E-state index in [1.54, 1.807) is 20.8 Å². The van der Waals surface area contributed by atoms with Gasteiger partial charge in [0.1, 0.15) is 0 Å². The van der Waals surface area contributed by atoms with Crippen molar-refractivity contribution in [2.24, 2.45) is 5.41 Å². The fourth-order valence-electron chi connectivity index (χ4n) is 0.747. The van der Waals surface area contributed by atoms with Gasteiger partial charge in [-0.05, 0) is 32.6 Å². The van der Waals surface area contributed by atoms with Crippen molar-refractivity contribution in [3.8, 4) is 0 Å². The Balaban J connectivity index is 4.40. The molecule has 0 radical (unpaired) electrons. The van der Waals surface area contributed by atoms with Crippen LogP contribution >= 0.6 is 0 Å². The van der Waals surface area contributed by atoms with Gasteiger partial charge in [-0.25, -0.2) is 8.42 Å². The molecule has 0 aromatic rings. The van der Waals surface area contributed by atoms with Crippen LogP contribution < -0.4 is 0 Å². The lowest BCUT2D eigenvalue weighted by Gasteiger charge is -2.23. The van der Waals surface area contributed by atoms with Crippen molar-refractivity contribution < 1.29 is 8.42 Å². The molecule has 0 aliphatic rings. The van der Waals surface area contributed by atoms with Crippen LogP contribution in [0.25, 0.3) is 0 Å². The highest BCUT2D eigenvalue weighted by Crippen LogP contribution is 2.24. The van der Waals surface area contributed by atoms with Gasteiger partial charge >= 0.3 is 0 Å². The summed E-state index contributed by atoms with van der Waals surface area (Å²) < 4.78 is 22.8. The predicted molar refractivity (Wildman–Crippen MR) is 57.6 cm³/mol. The second-order valence-corrected chi connectivity index (χ2v) is 8.60. The largest absolute Gasteiger partial charge is 0.228 e. The van der Waals surface area contributed by atoms with Crippen LogP contribution in [0.2, 0.25) is 0 Å². The normalized spacial score (nSPS) is 14.6. The monoisotopic (exact) mass is 206 g/mol. The van der Waals surface area contributed by atoms with Crippen LogP contribution in [0.4, 0.5) is 0 Å². The standard InChI is InChI=1S/C10H22O2S/c1-9(2,3)7-8-13(11,12)10(4,5)6/h7-8H2,1-6H3. The Morgan fingerprint density at radius 2 is 1.31 bits per heavy atom. The summed E-state index contributed by atoms with van der Waals surface area (Å²) in [5.41, 5.74) is 0.0956. The topological polar surface area (TPSA) is 34.1 Å². The average molecular weight is 206 g/mol. The van der Waals surface area contributed by atoms with E-state index >= 15 is 0 Å². The van der Waals surface area contributed by atoms with Crippen LogP contribution in [0.1, 0.15) is 48.0 Å². The number of sulfone groups is 1. The maximum absolute atomic E-state index is 11.7. The van der Waals surface area contributed by atoms with Gasteiger partial charge in [0.2, 0.25) is 0 Å². The summed E-state index contributed by atoms with van der Waals surface area (Å²) in [7, 11) is -2.93. The van der Waals surface area contributed by atoms with E-state index < -0.39 is 14.6 Å². The molecule has 0 N–H and O–H groups in total. The first-order valence-corrected chi connectivity index (χ1v) is 6.33. The van der Waals surface area contributed by atoms with Gasteiger partial charge in [0.05, 0.1) is 10.5 Å². The Morgan fingerprint density at radius 1 is 0.923 bits per heavy atom. The third-order valence-electron chi connectivity index (χ3n) is 2.05. The summed E-state index contributed by atoms with van der Waals surface area (Å²) in [6.45, 7) is 11.4. The molecule has 13 heavy (non-hydrogen) atoms. The molecule has 80 valence electrons. The molecule has 0 bridgehead atoms. The SMILES string of the molecule is CC(C)(C)CCS(=O)(=O)C(C)(C)C. The van der Waals surface area contributed by atoms with Crippen LogP contribution in [0.15, 0.2) is 0 Å². The molecular weight excluding hydrogens is 184 g/mol. The Bertz CT molecular complexity index is 250. The van der Waals surface area contributed by atoms with Crippen molar-refractivity contribution >= 4 is 9.84 Å². The minimum atomic E-state index is -2.93. The van der Waals surface area contributed by atoms with E-state index in [9.17, 15) is 8.42 Å². The first kappa shape index (κ1) is 12.9. The number of hydrogen-bond donors (Lipinski definition) is 0. The lowest BCUT2D eigenvalue weighted by atomic mass is 9.94. The zero-order valence-corrected chi connectivity index (χ0v) is 10.5. The van der Waals surface area contributed by atoms with E-state index in [0.717, 1.165) is 6.42 Å². The summed E-state index contributed by atoms with van der Waals surface area (Å²) in [6, 6.07) is 0. The van der Waals surface area contributed by atoms with E-state index in [-0.39, 0.29) is 5.41 Å². The van der Waals surface area contributed by atoms with Gasteiger partial charge in [0.25, 0.3) is 0 Å². The van der Waals surface area contributed by atoms with Crippen LogP contribution in [-0.2, 0) is 9.84 Å². The molecule has 0 aliphatic heterocycles. The molecule has 0 rings (SSSR count). The maximum atomic E-state index is 11.7.